The van der Waals surface area contributed by atoms with Crippen LogP contribution in [0.1, 0.15) is 47.9 Å². The second-order valence-corrected chi connectivity index (χ2v) is 6.21. The maximum atomic E-state index is 12.4. The van der Waals surface area contributed by atoms with Crippen LogP contribution < -0.4 is 15.4 Å². The number of hydrogen-bond donors (Lipinski definition) is 2. The maximum Gasteiger partial charge on any atom is 0.387 e. The summed E-state index contributed by atoms with van der Waals surface area (Å²) in [7, 11) is 0. The Morgan fingerprint density at radius 2 is 1.96 bits per heavy atom. The number of piperidine rings is 1. The van der Waals surface area contributed by atoms with Crippen LogP contribution in [0, 0.1) is 0 Å². The molecule has 10 heteroatoms. The van der Waals surface area contributed by atoms with Gasteiger partial charge in [-0.25, -0.2) is 4.68 Å². The average Bonchev–Trinajstić information content (AvgIpc) is 3.13. The lowest BCUT2D eigenvalue weighted by atomic mass is 10.1. The van der Waals surface area contributed by atoms with Gasteiger partial charge in [-0.3, -0.25) is 4.79 Å². The number of aromatic nitrogens is 3. The van der Waals surface area contributed by atoms with Gasteiger partial charge in [0.05, 0.1) is 18.3 Å². The lowest BCUT2D eigenvalue weighted by Gasteiger charge is -2.22. The second kappa shape index (κ2) is 9.61. The molecule has 1 atom stereocenters. The number of carbonyl (C=O) groups is 1. The molecule has 1 amide bonds. The molecule has 1 saturated heterocycles. The summed E-state index contributed by atoms with van der Waals surface area (Å²) in [6.07, 6.45) is 3.57. The molecular weight excluding hydrogens is 380 g/mol. The molecule has 148 valence electrons. The Hall–Kier alpha value is -2.26. The third-order valence-corrected chi connectivity index (χ3v) is 4.38. The number of ether oxygens (including phenoxy) is 1. The van der Waals surface area contributed by atoms with E-state index in [9.17, 15) is 13.6 Å². The Morgan fingerprint density at radius 3 is 2.59 bits per heavy atom. The van der Waals surface area contributed by atoms with Crippen LogP contribution in [0.5, 0.6) is 5.75 Å². The minimum atomic E-state index is -2.86. The van der Waals surface area contributed by atoms with E-state index in [0.29, 0.717) is 0 Å². The SMILES string of the molecule is CC(NC(=O)c1cn(C2CCNCC2)nn1)c1ccc(OC(F)F)cc1.Cl. The highest BCUT2D eigenvalue weighted by atomic mass is 35.5. The van der Waals surface area contributed by atoms with E-state index in [1.165, 1.54) is 12.1 Å². The summed E-state index contributed by atoms with van der Waals surface area (Å²) in [4.78, 5) is 12.4. The first kappa shape index (κ1) is 21.0. The van der Waals surface area contributed by atoms with Gasteiger partial charge in [0.25, 0.3) is 5.91 Å². The molecule has 2 aromatic rings. The van der Waals surface area contributed by atoms with E-state index in [1.807, 2.05) is 0 Å². The Balaban J connectivity index is 0.00000261. The summed E-state index contributed by atoms with van der Waals surface area (Å²) in [6, 6.07) is 6.09. The Bertz CT molecular complexity index is 735. The monoisotopic (exact) mass is 401 g/mol. The van der Waals surface area contributed by atoms with Gasteiger partial charge in [0.1, 0.15) is 5.75 Å². The molecule has 0 radical (unpaired) electrons. The quantitative estimate of drug-likeness (QED) is 0.777. The number of alkyl halides is 2. The molecule has 1 fully saturated rings. The number of carbonyl (C=O) groups excluding carboxylic acids is 1. The number of nitrogens with one attached hydrogen (secondary N) is 2. The van der Waals surface area contributed by atoms with Gasteiger partial charge in [0.2, 0.25) is 0 Å². The molecule has 1 aliphatic rings. The number of benzene rings is 1. The van der Waals surface area contributed by atoms with Crippen LogP contribution >= 0.6 is 12.4 Å². The zero-order valence-electron chi connectivity index (χ0n) is 14.8. The zero-order valence-corrected chi connectivity index (χ0v) is 15.6. The fraction of sp³-hybridized carbons (Fsp3) is 0.471. The van der Waals surface area contributed by atoms with E-state index in [-0.39, 0.29) is 41.8 Å². The second-order valence-electron chi connectivity index (χ2n) is 6.21. The van der Waals surface area contributed by atoms with Crippen molar-refractivity contribution < 1.29 is 18.3 Å². The van der Waals surface area contributed by atoms with Crippen LogP contribution in [0.4, 0.5) is 8.78 Å². The molecule has 0 aliphatic carbocycles. The van der Waals surface area contributed by atoms with Crippen LogP contribution in [0.15, 0.2) is 30.5 Å². The Morgan fingerprint density at radius 1 is 1.30 bits per heavy atom. The van der Waals surface area contributed by atoms with E-state index < -0.39 is 6.61 Å². The van der Waals surface area contributed by atoms with Crippen molar-refractivity contribution in [2.24, 2.45) is 0 Å². The van der Waals surface area contributed by atoms with Crippen molar-refractivity contribution in [3.05, 3.63) is 41.7 Å². The van der Waals surface area contributed by atoms with E-state index >= 15 is 0 Å². The molecule has 7 nitrogen and oxygen atoms in total. The van der Waals surface area contributed by atoms with Gasteiger partial charge < -0.3 is 15.4 Å². The van der Waals surface area contributed by atoms with Gasteiger partial charge in [-0.1, -0.05) is 17.3 Å². The maximum absolute atomic E-state index is 12.4. The van der Waals surface area contributed by atoms with E-state index in [2.05, 4.69) is 25.7 Å². The van der Waals surface area contributed by atoms with Crippen molar-refractivity contribution in [1.82, 2.24) is 25.6 Å². The summed E-state index contributed by atoms with van der Waals surface area (Å²) in [6.45, 7) is 0.793. The molecule has 2 heterocycles. The van der Waals surface area contributed by atoms with Crippen LogP contribution in [-0.2, 0) is 0 Å². The minimum absolute atomic E-state index is 0. The lowest BCUT2D eigenvalue weighted by molar-refractivity contribution is -0.0498. The molecule has 1 unspecified atom stereocenters. The molecule has 3 rings (SSSR count). The summed E-state index contributed by atoms with van der Waals surface area (Å²) in [5, 5.41) is 14.1. The van der Waals surface area contributed by atoms with Crippen LogP contribution in [0.3, 0.4) is 0 Å². The van der Waals surface area contributed by atoms with Crippen molar-refractivity contribution in [2.75, 3.05) is 13.1 Å². The van der Waals surface area contributed by atoms with Crippen molar-refractivity contribution in [3.63, 3.8) is 0 Å². The van der Waals surface area contributed by atoms with Gasteiger partial charge in [-0.05, 0) is 50.6 Å². The van der Waals surface area contributed by atoms with Crippen LogP contribution in [-0.4, -0.2) is 40.6 Å². The number of amides is 1. The zero-order chi connectivity index (χ0) is 18.5. The molecule has 0 spiro atoms. The number of halogens is 3. The summed E-state index contributed by atoms with van der Waals surface area (Å²) < 4.78 is 30.4. The largest absolute Gasteiger partial charge is 0.435 e. The molecule has 2 N–H and O–H groups in total. The third kappa shape index (κ3) is 5.61. The molecular formula is C17H22ClF2N5O2. The molecule has 27 heavy (non-hydrogen) atoms. The fourth-order valence-electron chi connectivity index (χ4n) is 2.92. The average molecular weight is 402 g/mol. The normalized spacial score (nSPS) is 15.9. The molecule has 1 aromatic heterocycles. The van der Waals surface area contributed by atoms with Gasteiger partial charge in [0, 0.05) is 0 Å². The first-order chi connectivity index (χ1) is 12.5. The summed E-state index contributed by atoms with van der Waals surface area (Å²) >= 11 is 0. The van der Waals surface area contributed by atoms with Crippen molar-refractivity contribution in [2.45, 2.75) is 38.5 Å². The fourth-order valence-corrected chi connectivity index (χ4v) is 2.92. The highest BCUT2D eigenvalue weighted by Crippen LogP contribution is 2.20. The molecule has 1 aromatic carbocycles. The highest BCUT2D eigenvalue weighted by Gasteiger charge is 2.20. The van der Waals surface area contributed by atoms with Gasteiger partial charge in [-0.15, -0.1) is 17.5 Å². The van der Waals surface area contributed by atoms with Crippen molar-refractivity contribution in [1.29, 1.82) is 0 Å². The molecule has 0 bridgehead atoms. The number of hydrogen-bond acceptors (Lipinski definition) is 5. The Labute approximate surface area is 161 Å². The van der Waals surface area contributed by atoms with Crippen LogP contribution in [0.25, 0.3) is 0 Å². The topological polar surface area (TPSA) is 81.1 Å². The predicted molar refractivity (Wildman–Crippen MR) is 97.4 cm³/mol. The van der Waals surface area contributed by atoms with Gasteiger partial charge in [0.15, 0.2) is 5.69 Å². The Kier molecular flexibility index (Phi) is 7.49. The van der Waals surface area contributed by atoms with E-state index in [4.69, 9.17) is 0 Å². The minimum Gasteiger partial charge on any atom is -0.435 e. The number of rotatable bonds is 6. The molecule has 1 aliphatic heterocycles. The smallest absolute Gasteiger partial charge is 0.387 e. The van der Waals surface area contributed by atoms with E-state index in [0.717, 1.165) is 31.5 Å². The van der Waals surface area contributed by atoms with Gasteiger partial charge in [-0.2, -0.15) is 8.78 Å². The summed E-state index contributed by atoms with van der Waals surface area (Å²) in [5.74, 6) is -0.252. The van der Waals surface area contributed by atoms with Gasteiger partial charge >= 0.3 is 6.61 Å². The first-order valence-electron chi connectivity index (χ1n) is 8.51. The van der Waals surface area contributed by atoms with Crippen LogP contribution in [0.2, 0.25) is 0 Å². The molecule has 0 saturated carbocycles. The third-order valence-electron chi connectivity index (χ3n) is 4.38. The first-order valence-corrected chi connectivity index (χ1v) is 8.51. The predicted octanol–water partition coefficient (Wildman–Crippen LogP) is 2.72. The van der Waals surface area contributed by atoms with Crippen molar-refractivity contribution >= 4 is 18.3 Å². The van der Waals surface area contributed by atoms with Crippen molar-refractivity contribution in [3.8, 4) is 5.75 Å². The standard InChI is InChI=1S/C17H21F2N5O2.ClH/c1-11(12-2-4-14(5-3-12)26-17(18)19)21-16(25)15-10-24(23-22-15)13-6-8-20-9-7-13;/h2-5,10-11,13,17,20H,6-9H2,1H3,(H,21,25);1H. The highest BCUT2D eigenvalue weighted by molar-refractivity contribution is 5.92. The number of nitrogens with zero attached hydrogens (tertiary/aromatic N) is 3. The lowest BCUT2D eigenvalue weighted by Crippen LogP contribution is -2.29. The van der Waals surface area contributed by atoms with E-state index in [1.54, 1.807) is 29.9 Å². The summed E-state index contributed by atoms with van der Waals surface area (Å²) in [5.41, 5.74) is 1.03.